The Balaban J connectivity index is 2.14. The normalized spacial score (nSPS) is 25.2. The van der Waals surface area contributed by atoms with E-state index < -0.39 is 5.60 Å². The van der Waals surface area contributed by atoms with Gasteiger partial charge in [-0.2, -0.15) is 0 Å². The summed E-state index contributed by atoms with van der Waals surface area (Å²) < 4.78 is 0. The van der Waals surface area contributed by atoms with Gasteiger partial charge in [-0.3, -0.25) is 4.79 Å². The van der Waals surface area contributed by atoms with Gasteiger partial charge in [0.2, 0.25) is 0 Å². The molecule has 2 aromatic rings. The maximum atomic E-state index is 11.6. The second-order valence-corrected chi connectivity index (χ2v) is 5.23. The Morgan fingerprint density at radius 1 is 1.06 bits per heavy atom. The highest BCUT2D eigenvalue weighted by Crippen LogP contribution is 2.46. The molecule has 2 aliphatic carbocycles. The minimum absolute atomic E-state index is 0.0253. The third-order valence-electron chi connectivity index (χ3n) is 4.04. The predicted molar refractivity (Wildman–Crippen MR) is 70.2 cm³/mol. The minimum atomic E-state index is -0.986. The number of carbonyl (C=O) groups excluding carboxylic acids is 1. The molecular weight excluding hydrogens is 224 g/mol. The zero-order chi connectivity index (χ0) is 12.3. The Labute approximate surface area is 105 Å². The molecule has 0 aliphatic heterocycles. The van der Waals surface area contributed by atoms with Crippen molar-refractivity contribution in [3.63, 3.8) is 0 Å². The average Bonchev–Trinajstić information content (AvgIpc) is 2.64. The molecule has 2 heteroatoms. The smallest absolute Gasteiger partial charge is 0.159 e. The number of rotatable bonds is 0. The molecule has 0 radical (unpaired) electrons. The molecule has 0 saturated carbocycles. The first kappa shape index (κ1) is 10.0. The first-order valence-electron chi connectivity index (χ1n) is 6.16. The molecule has 88 valence electrons. The molecule has 0 bridgehead atoms. The SMILES string of the molecule is O=C1C=C2c3cccc4cccc(c34)CC2(O)C1. The number of fused-ring (bicyclic) bond motifs is 2. The van der Waals surface area contributed by atoms with Crippen LogP contribution in [0, 0.1) is 0 Å². The van der Waals surface area contributed by atoms with Crippen LogP contribution in [0.25, 0.3) is 16.3 Å². The fourth-order valence-electron chi connectivity index (χ4n) is 3.32. The maximum absolute atomic E-state index is 11.6. The summed E-state index contributed by atoms with van der Waals surface area (Å²) in [5.41, 5.74) is 1.97. The summed E-state index contributed by atoms with van der Waals surface area (Å²) in [6, 6.07) is 12.2. The molecule has 0 spiro atoms. The Morgan fingerprint density at radius 2 is 1.83 bits per heavy atom. The first-order chi connectivity index (χ1) is 8.67. The second-order valence-electron chi connectivity index (χ2n) is 5.23. The molecule has 0 fully saturated rings. The molecule has 0 heterocycles. The van der Waals surface area contributed by atoms with Crippen molar-refractivity contribution in [2.45, 2.75) is 18.4 Å². The second kappa shape index (κ2) is 3.09. The monoisotopic (exact) mass is 236 g/mol. The van der Waals surface area contributed by atoms with Gasteiger partial charge in [-0.05, 0) is 33.5 Å². The van der Waals surface area contributed by atoms with Crippen LogP contribution in [0.1, 0.15) is 17.5 Å². The van der Waals surface area contributed by atoms with Crippen molar-refractivity contribution in [1.29, 1.82) is 0 Å². The Bertz CT molecular complexity index is 722. The van der Waals surface area contributed by atoms with E-state index in [0.29, 0.717) is 6.42 Å². The Morgan fingerprint density at radius 3 is 2.67 bits per heavy atom. The first-order valence-corrected chi connectivity index (χ1v) is 6.16. The van der Waals surface area contributed by atoms with Crippen molar-refractivity contribution in [2.24, 2.45) is 0 Å². The van der Waals surface area contributed by atoms with Crippen LogP contribution in [0.2, 0.25) is 0 Å². The predicted octanol–water partition coefficient (Wildman–Crippen LogP) is 2.48. The van der Waals surface area contributed by atoms with Gasteiger partial charge in [0, 0.05) is 12.8 Å². The van der Waals surface area contributed by atoms with Crippen molar-refractivity contribution in [3.05, 3.63) is 53.6 Å². The van der Waals surface area contributed by atoms with Crippen LogP contribution in [0.3, 0.4) is 0 Å². The Hall–Kier alpha value is -1.93. The van der Waals surface area contributed by atoms with Gasteiger partial charge < -0.3 is 5.11 Å². The van der Waals surface area contributed by atoms with E-state index in [1.54, 1.807) is 6.08 Å². The van der Waals surface area contributed by atoms with Crippen LogP contribution in [-0.2, 0) is 11.2 Å². The summed E-state index contributed by atoms with van der Waals surface area (Å²) in [6.45, 7) is 0. The number of hydrogen-bond donors (Lipinski definition) is 1. The summed E-state index contributed by atoms with van der Waals surface area (Å²) >= 11 is 0. The molecule has 4 rings (SSSR count). The molecular formula is C16H12O2. The van der Waals surface area contributed by atoms with Gasteiger partial charge in [0.1, 0.15) is 5.60 Å². The summed E-state index contributed by atoms with van der Waals surface area (Å²) in [7, 11) is 0. The highest BCUT2D eigenvalue weighted by Gasteiger charge is 2.43. The molecule has 1 atom stereocenters. The maximum Gasteiger partial charge on any atom is 0.159 e. The van der Waals surface area contributed by atoms with E-state index in [1.165, 1.54) is 10.8 Å². The van der Waals surface area contributed by atoms with E-state index in [4.69, 9.17) is 0 Å². The number of carbonyl (C=O) groups is 1. The summed E-state index contributed by atoms with van der Waals surface area (Å²) in [6.07, 6.45) is 2.37. The zero-order valence-electron chi connectivity index (χ0n) is 9.81. The standard InChI is InChI=1S/C16H12O2/c17-12-7-14-13-6-2-4-10-3-1-5-11(15(10)13)8-16(14,18)9-12/h1-7,18H,8-9H2. The average molecular weight is 236 g/mol. The van der Waals surface area contributed by atoms with Gasteiger partial charge in [0.15, 0.2) is 5.78 Å². The van der Waals surface area contributed by atoms with Gasteiger partial charge in [0.25, 0.3) is 0 Å². The lowest BCUT2D eigenvalue weighted by atomic mass is 9.76. The number of allylic oxidation sites excluding steroid dienone is 1. The molecule has 2 nitrogen and oxygen atoms in total. The molecule has 1 unspecified atom stereocenters. The van der Waals surface area contributed by atoms with Crippen molar-refractivity contribution in [3.8, 4) is 0 Å². The number of hydrogen-bond acceptors (Lipinski definition) is 2. The van der Waals surface area contributed by atoms with Crippen LogP contribution in [-0.4, -0.2) is 16.5 Å². The van der Waals surface area contributed by atoms with E-state index in [1.807, 2.05) is 24.3 Å². The van der Waals surface area contributed by atoms with Crippen molar-refractivity contribution >= 4 is 22.1 Å². The van der Waals surface area contributed by atoms with E-state index in [2.05, 4.69) is 12.1 Å². The van der Waals surface area contributed by atoms with E-state index in [9.17, 15) is 9.90 Å². The molecule has 1 N–H and O–H groups in total. The van der Waals surface area contributed by atoms with Gasteiger partial charge >= 0.3 is 0 Å². The lowest BCUT2D eigenvalue weighted by Gasteiger charge is -2.32. The lowest BCUT2D eigenvalue weighted by Crippen LogP contribution is -2.33. The lowest BCUT2D eigenvalue weighted by molar-refractivity contribution is -0.116. The number of ketones is 1. The van der Waals surface area contributed by atoms with E-state index >= 15 is 0 Å². The number of aliphatic hydroxyl groups is 1. The van der Waals surface area contributed by atoms with Crippen LogP contribution in [0.15, 0.2) is 42.5 Å². The summed E-state index contributed by atoms with van der Waals surface area (Å²) in [5.74, 6) is 0.0253. The van der Waals surface area contributed by atoms with Crippen molar-refractivity contribution in [1.82, 2.24) is 0 Å². The Kier molecular flexibility index (Phi) is 1.72. The third-order valence-corrected chi connectivity index (χ3v) is 4.04. The summed E-state index contributed by atoms with van der Waals surface area (Å²) in [5, 5.41) is 13.0. The number of benzene rings is 2. The van der Waals surface area contributed by atoms with Crippen LogP contribution in [0.5, 0.6) is 0 Å². The minimum Gasteiger partial charge on any atom is -0.384 e. The molecule has 0 saturated heterocycles. The van der Waals surface area contributed by atoms with Crippen molar-refractivity contribution < 1.29 is 9.90 Å². The fraction of sp³-hybridized carbons (Fsp3) is 0.188. The van der Waals surface area contributed by atoms with Crippen LogP contribution in [0.4, 0.5) is 0 Å². The van der Waals surface area contributed by atoms with E-state index in [0.717, 1.165) is 16.7 Å². The van der Waals surface area contributed by atoms with Crippen LogP contribution < -0.4 is 0 Å². The highest BCUT2D eigenvalue weighted by atomic mass is 16.3. The van der Waals surface area contributed by atoms with E-state index in [-0.39, 0.29) is 12.2 Å². The zero-order valence-corrected chi connectivity index (χ0v) is 9.81. The molecule has 18 heavy (non-hydrogen) atoms. The van der Waals surface area contributed by atoms with Crippen molar-refractivity contribution in [2.75, 3.05) is 0 Å². The van der Waals surface area contributed by atoms with Gasteiger partial charge in [-0.15, -0.1) is 0 Å². The van der Waals surface area contributed by atoms with Gasteiger partial charge in [-0.1, -0.05) is 36.4 Å². The quantitative estimate of drug-likeness (QED) is 0.763. The molecule has 0 amide bonds. The van der Waals surface area contributed by atoms with Crippen LogP contribution >= 0.6 is 0 Å². The molecule has 0 aromatic heterocycles. The summed E-state index contributed by atoms with van der Waals surface area (Å²) in [4.78, 5) is 11.6. The molecule has 2 aliphatic rings. The van der Waals surface area contributed by atoms with Gasteiger partial charge in [0.05, 0.1) is 0 Å². The molecule has 2 aromatic carbocycles. The largest absolute Gasteiger partial charge is 0.384 e. The van der Waals surface area contributed by atoms with Gasteiger partial charge in [-0.25, -0.2) is 0 Å². The highest BCUT2D eigenvalue weighted by molar-refractivity contribution is 6.11. The third kappa shape index (κ3) is 1.13. The topological polar surface area (TPSA) is 37.3 Å². The fourth-order valence-corrected chi connectivity index (χ4v) is 3.32.